The molecule has 0 spiro atoms. The Hall–Kier alpha value is -2.41. The SMILES string of the molecule is C=C(C)c1c(C)c(C#N)cn1Cc1cccnn1. The average Bonchev–Trinajstić information content (AvgIpc) is 2.66. The molecule has 0 unspecified atom stereocenters. The highest BCUT2D eigenvalue weighted by molar-refractivity contribution is 5.65. The zero-order valence-electron chi connectivity index (χ0n) is 10.5. The minimum absolute atomic E-state index is 0.596. The predicted octanol–water partition coefficient (Wildman–Crippen LogP) is 2.54. The van der Waals surface area contributed by atoms with E-state index in [4.69, 9.17) is 5.26 Å². The predicted molar refractivity (Wildman–Crippen MR) is 69.7 cm³/mol. The maximum absolute atomic E-state index is 9.08. The van der Waals surface area contributed by atoms with Gasteiger partial charge in [0.25, 0.3) is 0 Å². The van der Waals surface area contributed by atoms with E-state index in [2.05, 4.69) is 22.8 Å². The second-order valence-corrected chi connectivity index (χ2v) is 4.25. The first kappa shape index (κ1) is 12.1. The van der Waals surface area contributed by atoms with Crippen molar-refractivity contribution in [3.8, 4) is 6.07 Å². The van der Waals surface area contributed by atoms with Crippen molar-refractivity contribution in [3.63, 3.8) is 0 Å². The first-order chi connectivity index (χ1) is 8.63. The number of nitrogens with zero attached hydrogens (tertiary/aromatic N) is 4. The van der Waals surface area contributed by atoms with E-state index in [1.165, 1.54) is 0 Å². The van der Waals surface area contributed by atoms with E-state index < -0.39 is 0 Å². The number of allylic oxidation sites excluding steroid dienone is 1. The quantitative estimate of drug-likeness (QED) is 0.825. The maximum atomic E-state index is 9.08. The Morgan fingerprint density at radius 1 is 1.56 bits per heavy atom. The third-order valence-electron chi connectivity index (χ3n) is 2.82. The number of nitriles is 1. The van der Waals surface area contributed by atoms with Gasteiger partial charge >= 0.3 is 0 Å². The van der Waals surface area contributed by atoms with Crippen LogP contribution < -0.4 is 0 Å². The van der Waals surface area contributed by atoms with Crippen molar-refractivity contribution in [2.45, 2.75) is 20.4 Å². The molecule has 0 aliphatic carbocycles. The highest BCUT2D eigenvalue weighted by atomic mass is 15.1. The Kier molecular flexibility index (Phi) is 3.24. The summed E-state index contributed by atoms with van der Waals surface area (Å²) in [6.45, 7) is 8.45. The summed E-state index contributed by atoms with van der Waals surface area (Å²) < 4.78 is 2.00. The van der Waals surface area contributed by atoms with E-state index in [9.17, 15) is 0 Å². The molecular weight excluding hydrogens is 224 g/mol. The normalized spacial score (nSPS) is 10.1. The fraction of sp³-hybridized carbons (Fsp3) is 0.214. The van der Waals surface area contributed by atoms with Gasteiger partial charge in [0, 0.05) is 18.1 Å². The Morgan fingerprint density at radius 3 is 2.89 bits per heavy atom. The van der Waals surface area contributed by atoms with Gasteiger partial charge in [-0.05, 0) is 37.1 Å². The summed E-state index contributed by atoms with van der Waals surface area (Å²) in [6.07, 6.45) is 3.48. The highest BCUT2D eigenvalue weighted by Gasteiger charge is 2.13. The molecule has 2 heterocycles. The van der Waals surface area contributed by atoms with Gasteiger partial charge in [0.2, 0.25) is 0 Å². The second kappa shape index (κ2) is 4.84. The Bertz CT molecular complexity index is 617. The summed E-state index contributed by atoms with van der Waals surface area (Å²) >= 11 is 0. The smallest absolute Gasteiger partial charge is 0.101 e. The third-order valence-corrected chi connectivity index (χ3v) is 2.82. The zero-order valence-corrected chi connectivity index (χ0v) is 10.5. The van der Waals surface area contributed by atoms with E-state index in [1.54, 1.807) is 6.20 Å². The molecule has 0 N–H and O–H groups in total. The molecule has 2 aromatic rings. The third kappa shape index (κ3) is 2.16. The van der Waals surface area contributed by atoms with Crippen LogP contribution in [0.4, 0.5) is 0 Å². The van der Waals surface area contributed by atoms with Crippen LogP contribution in [0.3, 0.4) is 0 Å². The van der Waals surface area contributed by atoms with Gasteiger partial charge in [0.1, 0.15) is 6.07 Å². The molecule has 0 bridgehead atoms. The lowest BCUT2D eigenvalue weighted by Crippen LogP contribution is -2.04. The van der Waals surface area contributed by atoms with Crippen molar-refractivity contribution in [1.82, 2.24) is 14.8 Å². The molecule has 0 aliphatic heterocycles. The van der Waals surface area contributed by atoms with Crippen molar-refractivity contribution < 1.29 is 0 Å². The molecule has 2 rings (SSSR count). The largest absolute Gasteiger partial charge is 0.340 e. The zero-order chi connectivity index (χ0) is 13.1. The fourth-order valence-electron chi connectivity index (χ4n) is 2.06. The molecule has 4 nitrogen and oxygen atoms in total. The van der Waals surface area contributed by atoms with Crippen molar-refractivity contribution in [3.05, 3.63) is 53.6 Å². The molecule has 0 aliphatic rings. The van der Waals surface area contributed by atoms with Crippen LogP contribution >= 0.6 is 0 Å². The van der Waals surface area contributed by atoms with Crippen LogP contribution in [0.1, 0.15) is 29.4 Å². The van der Waals surface area contributed by atoms with E-state index in [1.807, 2.05) is 36.7 Å². The standard InChI is InChI=1S/C14H14N4/c1-10(2)14-11(3)12(7-15)8-18(14)9-13-5-4-6-16-17-13/h4-6,8H,1,9H2,2-3H3. The summed E-state index contributed by atoms with van der Waals surface area (Å²) in [5.41, 5.74) is 4.44. The molecule has 0 atom stereocenters. The van der Waals surface area contributed by atoms with Crippen molar-refractivity contribution in [2.24, 2.45) is 0 Å². The molecular formula is C14H14N4. The molecule has 18 heavy (non-hydrogen) atoms. The van der Waals surface area contributed by atoms with E-state index >= 15 is 0 Å². The van der Waals surface area contributed by atoms with Gasteiger partial charge in [-0.15, -0.1) is 0 Å². The van der Waals surface area contributed by atoms with Crippen LogP contribution in [0, 0.1) is 18.3 Å². The maximum Gasteiger partial charge on any atom is 0.101 e. The van der Waals surface area contributed by atoms with Crippen molar-refractivity contribution in [2.75, 3.05) is 0 Å². The van der Waals surface area contributed by atoms with Crippen LogP contribution in [0.25, 0.3) is 5.57 Å². The lowest BCUT2D eigenvalue weighted by Gasteiger charge is -2.09. The van der Waals surface area contributed by atoms with E-state index in [0.29, 0.717) is 12.1 Å². The van der Waals surface area contributed by atoms with Gasteiger partial charge in [-0.1, -0.05) is 6.58 Å². The van der Waals surface area contributed by atoms with Crippen LogP contribution in [0.15, 0.2) is 31.1 Å². The number of rotatable bonds is 3. The average molecular weight is 238 g/mol. The first-order valence-corrected chi connectivity index (χ1v) is 5.65. The van der Waals surface area contributed by atoms with Gasteiger partial charge in [-0.2, -0.15) is 15.5 Å². The molecule has 0 radical (unpaired) electrons. The first-order valence-electron chi connectivity index (χ1n) is 5.65. The number of hydrogen-bond acceptors (Lipinski definition) is 3. The minimum atomic E-state index is 0.596. The number of hydrogen-bond donors (Lipinski definition) is 0. The van der Waals surface area contributed by atoms with Gasteiger partial charge in [0.05, 0.1) is 17.8 Å². The Labute approximate surface area is 106 Å². The van der Waals surface area contributed by atoms with Gasteiger partial charge in [-0.3, -0.25) is 0 Å². The highest BCUT2D eigenvalue weighted by Crippen LogP contribution is 2.23. The Balaban J connectivity index is 2.45. The molecule has 2 aromatic heterocycles. The lowest BCUT2D eigenvalue weighted by molar-refractivity contribution is 0.747. The summed E-state index contributed by atoms with van der Waals surface area (Å²) in [4.78, 5) is 0. The van der Waals surface area contributed by atoms with Crippen LogP contribution in [0.2, 0.25) is 0 Å². The van der Waals surface area contributed by atoms with Crippen LogP contribution in [0.5, 0.6) is 0 Å². The molecule has 4 heteroatoms. The minimum Gasteiger partial charge on any atom is -0.340 e. The van der Waals surface area contributed by atoms with Gasteiger partial charge in [0.15, 0.2) is 0 Å². The molecule has 0 saturated heterocycles. The topological polar surface area (TPSA) is 54.5 Å². The molecule has 0 fully saturated rings. The Morgan fingerprint density at radius 2 is 2.33 bits per heavy atom. The van der Waals surface area contributed by atoms with Gasteiger partial charge < -0.3 is 4.57 Å². The monoisotopic (exact) mass is 238 g/mol. The van der Waals surface area contributed by atoms with Crippen LogP contribution in [-0.2, 0) is 6.54 Å². The summed E-state index contributed by atoms with van der Waals surface area (Å²) in [5.74, 6) is 0. The number of aromatic nitrogens is 3. The van der Waals surface area contributed by atoms with E-state index in [-0.39, 0.29) is 0 Å². The van der Waals surface area contributed by atoms with Crippen molar-refractivity contribution >= 4 is 5.57 Å². The van der Waals surface area contributed by atoms with Gasteiger partial charge in [-0.25, -0.2) is 0 Å². The summed E-state index contributed by atoms with van der Waals surface area (Å²) in [7, 11) is 0. The summed E-state index contributed by atoms with van der Waals surface area (Å²) in [6, 6.07) is 5.96. The van der Waals surface area contributed by atoms with Crippen LogP contribution in [-0.4, -0.2) is 14.8 Å². The fourth-order valence-corrected chi connectivity index (χ4v) is 2.06. The summed E-state index contributed by atoms with van der Waals surface area (Å²) in [5, 5.41) is 17.0. The second-order valence-electron chi connectivity index (χ2n) is 4.25. The lowest BCUT2D eigenvalue weighted by atomic mass is 10.1. The van der Waals surface area contributed by atoms with E-state index in [0.717, 1.165) is 22.5 Å². The molecule has 90 valence electrons. The molecule has 0 amide bonds. The molecule has 0 aromatic carbocycles. The molecule has 0 saturated carbocycles. The van der Waals surface area contributed by atoms with Crippen molar-refractivity contribution in [1.29, 1.82) is 5.26 Å².